The molecule has 0 radical (unpaired) electrons. The Morgan fingerprint density at radius 3 is 2.61 bits per heavy atom. The van der Waals surface area contributed by atoms with Gasteiger partial charge in [0, 0.05) is 18.3 Å². The first-order valence-corrected chi connectivity index (χ1v) is 5.75. The number of benzene rings is 1. The third-order valence-electron chi connectivity index (χ3n) is 3.27. The summed E-state index contributed by atoms with van der Waals surface area (Å²) in [5.41, 5.74) is 6.31. The number of hydrogen-bond donors (Lipinski definition) is 2. The van der Waals surface area contributed by atoms with E-state index in [9.17, 15) is 4.39 Å². The Labute approximate surface area is 106 Å². The molecule has 1 heterocycles. The highest BCUT2D eigenvalue weighted by Crippen LogP contribution is 2.25. The lowest BCUT2D eigenvalue weighted by Crippen LogP contribution is -2.29. The Balaban J connectivity index is 2.45. The van der Waals surface area contributed by atoms with Gasteiger partial charge in [-0.2, -0.15) is 5.10 Å². The van der Waals surface area contributed by atoms with Crippen LogP contribution in [0.15, 0.2) is 24.4 Å². The van der Waals surface area contributed by atoms with Crippen LogP contribution in [0.3, 0.4) is 0 Å². The predicted octanol–water partition coefficient (Wildman–Crippen LogP) is 1.73. The molecule has 3 N–H and O–H groups in total. The van der Waals surface area contributed by atoms with Gasteiger partial charge < -0.3 is 0 Å². The van der Waals surface area contributed by atoms with Crippen LogP contribution >= 0.6 is 0 Å². The van der Waals surface area contributed by atoms with E-state index in [1.807, 2.05) is 14.0 Å². The van der Waals surface area contributed by atoms with Gasteiger partial charge in [-0.3, -0.25) is 10.5 Å². The van der Waals surface area contributed by atoms with Crippen molar-refractivity contribution in [1.82, 2.24) is 15.2 Å². The number of aromatic nitrogens is 2. The first kappa shape index (κ1) is 12.7. The molecule has 1 aromatic carbocycles. The normalized spacial score (nSPS) is 12.7. The zero-order valence-corrected chi connectivity index (χ0v) is 10.7. The molecule has 2 aromatic rings. The molecule has 0 aliphatic carbocycles. The number of aryl methyl sites for hydroxylation is 2. The molecule has 1 aromatic heterocycles. The van der Waals surface area contributed by atoms with Crippen LogP contribution in [-0.4, -0.2) is 9.78 Å². The maximum absolute atomic E-state index is 13.3. The fourth-order valence-electron chi connectivity index (χ4n) is 2.01. The van der Waals surface area contributed by atoms with Crippen molar-refractivity contribution in [3.05, 3.63) is 52.6 Å². The van der Waals surface area contributed by atoms with Crippen molar-refractivity contribution in [3.8, 4) is 0 Å². The summed E-state index contributed by atoms with van der Waals surface area (Å²) in [4.78, 5) is 0. The second-order valence-corrected chi connectivity index (χ2v) is 4.42. The van der Waals surface area contributed by atoms with E-state index in [4.69, 9.17) is 5.84 Å². The Kier molecular flexibility index (Phi) is 3.45. The average Bonchev–Trinajstić information content (AvgIpc) is 2.67. The smallest absolute Gasteiger partial charge is 0.126 e. The Hall–Kier alpha value is -1.72. The standard InChI is InChI=1S/C13H17FN4/c1-8-6-10(4-5-12(8)14)13(17-15)11-7-16-18(3)9(11)2/h4-7,13,17H,15H2,1-3H3. The van der Waals surface area contributed by atoms with Gasteiger partial charge >= 0.3 is 0 Å². The van der Waals surface area contributed by atoms with Gasteiger partial charge in [0.15, 0.2) is 0 Å². The summed E-state index contributed by atoms with van der Waals surface area (Å²) in [5, 5.41) is 4.20. The molecular formula is C13H17FN4. The maximum Gasteiger partial charge on any atom is 0.126 e. The van der Waals surface area contributed by atoms with Gasteiger partial charge in [-0.25, -0.2) is 9.82 Å². The number of hydrogen-bond acceptors (Lipinski definition) is 3. The topological polar surface area (TPSA) is 55.9 Å². The molecule has 1 atom stereocenters. The van der Waals surface area contributed by atoms with E-state index < -0.39 is 0 Å². The number of halogens is 1. The molecule has 0 aliphatic heterocycles. The molecule has 0 spiro atoms. The van der Waals surface area contributed by atoms with Crippen LogP contribution in [0.2, 0.25) is 0 Å². The van der Waals surface area contributed by atoms with E-state index >= 15 is 0 Å². The molecule has 0 aliphatic rings. The van der Waals surface area contributed by atoms with Crippen LogP contribution in [0, 0.1) is 19.7 Å². The highest BCUT2D eigenvalue weighted by Gasteiger charge is 2.18. The summed E-state index contributed by atoms with van der Waals surface area (Å²) in [7, 11) is 1.88. The summed E-state index contributed by atoms with van der Waals surface area (Å²) >= 11 is 0. The monoisotopic (exact) mass is 248 g/mol. The molecule has 0 amide bonds. The van der Waals surface area contributed by atoms with Gasteiger partial charge in [0.1, 0.15) is 5.82 Å². The molecule has 5 heteroatoms. The van der Waals surface area contributed by atoms with Gasteiger partial charge in [-0.15, -0.1) is 0 Å². The predicted molar refractivity (Wildman–Crippen MR) is 68.2 cm³/mol. The Morgan fingerprint density at radius 1 is 1.39 bits per heavy atom. The molecule has 18 heavy (non-hydrogen) atoms. The summed E-state index contributed by atoms with van der Waals surface area (Å²) in [6.45, 7) is 3.71. The number of nitrogens with one attached hydrogen (secondary N) is 1. The van der Waals surface area contributed by atoms with Crippen LogP contribution in [-0.2, 0) is 7.05 Å². The lowest BCUT2D eigenvalue weighted by atomic mass is 9.98. The fourth-order valence-corrected chi connectivity index (χ4v) is 2.01. The van der Waals surface area contributed by atoms with Crippen molar-refractivity contribution in [1.29, 1.82) is 0 Å². The zero-order chi connectivity index (χ0) is 13.3. The molecule has 0 bridgehead atoms. The van der Waals surface area contributed by atoms with E-state index in [0.717, 1.165) is 16.8 Å². The first-order chi connectivity index (χ1) is 8.54. The quantitative estimate of drug-likeness (QED) is 0.642. The van der Waals surface area contributed by atoms with Crippen molar-refractivity contribution < 1.29 is 4.39 Å². The second-order valence-electron chi connectivity index (χ2n) is 4.42. The minimum absolute atomic E-state index is 0.182. The van der Waals surface area contributed by atoms with Crippen molar-refractivity contribution in [2.45, 2.75) is 19.9 Å². The third kappa shape index (κ3) is 2.14. The molecular weight excluding hydrogens is 231 g/mol. The van der Waals surface area contributed by atoms with E-state index in [2.05, 4.69) is 10.5 Å². The Bertz CT molecular complexity index is 562. The molecule has 0 fully saturated rings. The van der Waals surface area contributed by atoms with Crippen LogP contribution in [0.25, 0.3) is 0 Å². The highest BCUT2D eigenvalue weighted by atomic mass is 19.1. The van der Waals surface area contributed by atoms with Crippen molar-refractivity contribution in [2.24, 2.45) is 12.9 Å². The largest absolute Gasteiger partial charge is 0.273 e. The lowest BCUT2D eigenvalue weighted by Gasteiger charge is -2.17. The average molecular weight is 248 g/mol. The molecule has 0 saturated heterocycles. The van der Waals surface area contributed by atoms with Gasteiger partial charge in [0.05, 0.1) is 12.2 Å². The minimum atomic E-state index is -0.211. The molecule has 0 saturated carbocycles. The van der Waals surface area contributed by atoms with E-state index in [1.54, 1.807) is 29.9 Å². The molecule has 96 valence electrons. The van der Waals surface area contributed by atoms with Gasteiger partial charge in [-0.1, -0.05) is 12.1 Å². The van der Waals surface area contributed by atoms with E-state index in [1.165, 1.54) is 6.07 Å². The molecule has 1 unspecified atom stereocenters. The van der Waals surface area contributed by atoms with Crippen molar-refractivity contribution in [2.75, 3.05) is 0 Å². The Morgan fingerprint density at radius 2 is 2.11 bits per heavy atom. The summed E-state index contributed by atoms with van der Waals surface area (Å²) in [6, 6.07) is 4.81. The zero-order valence-electron chi connectivity index (χ0n) is 10.7. The lowest BCUT2D eigenvalue weighted by molar-refractivity contribution is 0.606. The number of nitrogens with zero attached hydrogens (tertiary/aromatic N) is 2. The maximum atomic E-state index is 13.3. The third-order valence-corrected chi connectivity index (χ3v) is 3.27. The summed E-state index contributed by atoms with van der Waals surface area (Å²) in [6.07, 6.45) is 1.78. The fraction of sp³-hybridized carbons (Fsp3) is 0.308. The van der Waals surface area contributed by atoms with Crippen LogP contribution in [0.5, 0.6) is 0 Å². The number of hydrazine groups is 1. The van der Waals surface area contributed by atoms with Crippen LogP contribution < -0.4 is 11.3 Å². The van der Waals surface area contributed by atoms with Gasteiger partial charge in [0.2, 0.25) is 0 Å². The van der Waals surface area contributed by atoms with Gasteiger partial charge in [0.25, 0.3) is 0 Å². The van der Waals surface area contributed by atoms with Crippen LogP contribution in [0.1, 0.15) is 28.4 Å². The minimum Gasteiger partial charge on any atom is -0.273 e. The summed E-state index contributed by atoms with van der Waals surface area (Å²) in [5.74, 6) is 5.41. The van der Waals surface area contributed by atoms with Crippen LogP contribution in [0.4, 0.5) is 4.39 Å². The highest BCUT2D eigenvalue weighted by molar-refractivity contribution is 5.35. The summed E-state index contributed by atoms with van der Waals surface area (Å²) < 4.78 is 15.1. The van der Waals surface area contributed by atoms with E-state index in [-0.39, 0.29) is 11.9 Å². The number of nitrogens with two attached hydrogens (primary N) is 1. The van der Waals surface area contributed by atoms with Gasteiger partial charge in [-0.05, 0) is 31.0 Å². The first-order valence-electron chi connectivity index (χ1n) is 5.75. The molecule has 4 nitrogen and oxygen atoms in total. The molecule has 2 rings (SSSR count). The SMILES string of the molecule is Cc1cc(C(NN)c2cnn(C)c2C)ccc1F. The number of rotatable bonds is 3. The van der Waals surface area contributed by atoms with E-state index in [0.29, 0.717) is 5.56 Å². The second kappa shape index (κ2) is 4.88. The van der Waals surface area contributed by atoms with Crippen molar-refractivity contribution >= 4 is 0 Å². The van der Waals surface area contributed by atoms with Crippen molar-refractivity contribution in [3.63, 3.8) is 0 Å².